The molecule has 0 atom stereocenters. The molecule has 0 aliphatic carbocycles. The normalized spacial score (nSPS) is 10.9. The lowest BCUT2D eigenvalue weighted by Gasteiger charge is -2.13. The van der Waals surface area contributed by atoms with Crippen LogP contribution in [0, 0.1) is 0 Å². The summed E-state index contributed by atoms with van der Waals surface area (Å²) >= 11 is 1.33. The van der Waals surface area contributed by atoms with Gasteiger partial charge in [-0.3, -0.25) is 9.36 Å². The highest BCUT2D eigenvalue weighted by molar-refractivity contribution is 7.99. The number of aromatic nitrogens is 3. The van der Waals surface area contributed by atoms with Gasteiger partial charge in [0.1, 0.15) is 5.75 Å². The van der Waals surface area contributed by atoms with Crippen molar-refractivity contribution in [2.45, 2.75) is 25.0 Å². The van der Waals surface area contributed by atoms with E-state index in [9.17, 15) is 4.79 Å². The van der Waals surface area contributed by atoms with Crippen molar-refractivity contribution in [2.24, 2.45) is 0 Å². The third-order valence-corrected chi connectivity index (χ3v) is 4.58. The van der Waals surface area contributed by atoms with E-state index in [1.807, 2.05) is 42.7 Å². The molecule has 7 nitrogen and oxygen atoms in total. The van der Waals surface area contributed by atoms with Crippen molar-refractivity contribution in [1.29, 1.82) is 0 Å². The van der Waals surface area contributed by atoms with Crippen LogP contribution in [0.15, 0.2) is 52.2 Å². The Kier molecular flexibility index (Phi) is 5.62. The SMILES string of the molecule is COc1ccccc1NC(=O)CSc1nnc(-c2ccco2)n1C(C)C. The van der Waals surface area contributed by atoms with Gasteiger partial charge < -0.3 is 14.5 Å². The van der Waals surface area contributed by atoms with Crippen molar-refractivity contribution >= 4 is 23.4 Å². The third-order valence-electron chi connectivity index (χ3n) is 3.64. The van der Waals surface area contributed by atoms with E-state index < -0.39 is 0 Å². The van der Waals surface area contributed by atoms with E-state index in [4.69, 9.17) is 9.15 Å². The van der Waals surface area contributed by atoms with Crippen LogP contribution in [0.5, 0.6) is 5.75 Å². The first-order valence-electron chi connectivity index (χ1n) is 8.14. The first kappa shape index (κ1) is 18.1. The molecule has 0 saturated heterocycles. The fourth-order valence-electron chi connectivity index (χ4n) is 2.48. The van der Waals surface area contributed by atoms with Crippen LogP contribution in [0.1, 0.15) is 19.9 Å². The molecule has 0 saturated carbocycles. The van der Waals surface area contributed by atoms with E-state index in [1.54, 1.807) is 25.5 Å². The van der Waals surface area contributed by atoms with Crippen molar-refractivity contribution in [3.8, 4) is 17.3 Å². The Morgan fingerprint density at radius 3 is 2.77 bits per heavy atom. The van der Waals surface area contributed by atoms with Crippen molar-refractivity contribution in [2.75, 3.05) is 18.2 Å². The number of amides is 1. The van der Waals surface area contributed by atoms with Gasteiger partial charge in [-0.2, -0.15) is 0 Å². The molecule has 0 bridgehead atoms. The Balaban J connectivity index is 1.71. The Morgan fingerprint density at radius 2 is 2.08 bits per heavy atom. The second-order valence-electron chi connectivity index (χ2n) is 5.78. The van der Waals surface area contributed by atoms with Gasteiger partial charge in [-0.1, -0.05) is 23.9 Å². The molecule has 0 aliphatic heterocycles. The number of hydrogen-bond acceptors (Lipinski definition) is 6. The number of rotatable bonds is 7. The lowest BCUT2D eigenvalue weighted by molar-refractivity contribution is -0.113. The largest absolute Gasteiger partial charge is 0.495 e. The molecule has 3 rings (SSSR count). The zero-order valence-electron chi connectivity index (χ0n) is 14.8. The summed E-state index contributed by atoms with van der Waals surface area (Å²) in [6.45, 7) is 4.07. The second-order valence-corrected chi connectivity index (χ2v) is 6.73. The topological polar surface area (TPSA) is 82.2 Å². The summed E-state index contributed by atoms with van der Waals surface area (Å²) < 4.78 is 12.6. The molecule has 136 valence electrons. The number of nitrogens with one attached hydrogen (secondary N) is 1. The fraction of sp³-hybridized carbons (Fsp3) is 0.278. The zero-order valence-corrected chi connectivity index (χ0v) is 15.6. The highest BCUT2D eigenvalue weighted by Gasteiger charge is 2.19. The Morgan fingerprint density at radius 1 is 1.27 bits per heavy atom. The molecule has 0 spiro atoms. The third kappa shape index (κ3) is 3.91. The number of hydrogen-bond donors (Lipinski definition) is 1. The van der Waals surface area contributed by atoms with Crippen LogP contribution in [0.4, 0.5) is 5.69 Å². The molecule has 8 heteroatoms. The standard InChI is InChI=1S/C18H20N4O3S/c1-12(2)22-17(15-9-6-10-25-15)20-21-18(22)26-11-16(23)19-13-7-4-5-8-14(13)24-3/h4-10,12H,11H2,1-3H3,(H,19,23). The number of para-hydroxylation sites is 2. The molecular formula is C18H20N4O3S. The number of nitrogens with zero attached hydrogens (tertiary/aromatic N) is 3. The number of ether oxygens (including phenoxy) is 1. The lowest BCUT2D eigenvalue weighted by Crippen LogP contribution is -2.15. The molecular weight excluding hydrogens is 352 g/mol. The number of carbonyl (C=O) groups excluding carboxylic acids is 1. The minimum Gasteiger partial charge on any atom is -0.495 e. The molecule has 0 unspecified atom stereocenters. The van der Waals surface area contributed by atoms with E-state index in [0.29, 0.717) is 28.2 Å². The average Bonchev–Trinajstić information content (AvgIpc) is 3.29. The second kappa shape index (κ2) is 8.09. The van der Waals surface area contributed by atoms with E-state index in [2.05, 4.69) is 15.5 Å². The monoisotopic (exact) mass is 372 g/mol. The van der Waals surface area contributed by atoms with Crippen molar-refractivity contribution < 1.29 is 13.9 Å². The Labute approximate surface area is 155 Å². The number of anilines is 1. The van der Waals surface area contributed by atoms with Crippen LogP contribution < -0.4 is 10.1 Å². The molecule has 0 radical (unpaired) electrons. The van der Waals surface area contributed by atoms with Crippen molar-refractivity contribution in [3.63, 3.8) is 0 Å². The van der Waals surface area contributed by atoms with Crippen molar-refractivity contribution in [3.05, 3.63) is 42.7 Å². The van der Waals surface area contributed by atoms with Crippen LogP contribution in [0.25, 0.3) is 11.6 Å². The van der Waals surface area contributed by atoms with Gasteiger partial charge in [0.05, 0.1) is 24.8 Å². The zero-order chi connectivity index (χ0) is 18.5. The highest BCUT2D eigenvalue weighted by Crippen LogP contribution is 2.28. The van der Waals surface area contributed by atoms with Crippen LogP contribution in [-0.2, 0) is 4.79 Å². The summed E-state index contributed by atoms with van der Waals surface area (Å²) in [4.78, 5) is 12.3. The van der Waals surface area contributed by atoms with Gasteiger partial charge in [0, 0.05) is 6.04 Å². The van der Waals surface area contributed by atoms with Crippen molar-refractivity contribution in [1.82, 2.24) is 14.8 Å². The smallest absolute Gasteiger partial charge is 0.234 e. The maximum atomic E-state index is 12.3. The maximum Gasteiger partial charge on any atom is 0.234 e. The summed E-state index contributed by atoms with van der Waals surface area (Å²) in [6.07, 6.45) is 1.60. The number of carbonyl (C=O) groups is 1. The molecule has 3 aromatic rings. The molecule has 2 heterocycles. The summed E-state index contributed by atoms with van der Waals surface area (Å²) in [5.74, 6) is 1.99. The average molecular weight is 372 g/mol. The van der Waals surface area contributed by atoms with Crippen LogP contribution in [0.2, 0.25) is 0 Å². The van der Waals surface area contributed by atoms with Gasteiger partial charge in [0.25, 0.3) is 0 Å². The van der Waals surface area contributed by atoms with Gasteiger partial charge in [-0.25, -0.2) is 0 Å². The van der Waals surface area contributed by atoms with E-state index in [1.165, 1.54) is 11.8 Å². The van der Waals surface area contributed by atoms with Crippen LogP contribution >= 0.6 is 11.8 Å². The summed E-state index contributed by atoms with van der Waals surface area (Å²) in [6, 6.07) is 11.1. The molecule has 1 N–H and O–H groups in total. The number of methoxy groups -OCH3 is 1. The lowest BCUT2D eigenvalue weighted by atomic mass is 10.3. The van der Waals surface area contributed by atoms with Gasteiger partial charge in [-0.05, 0) is 38.1 Å². The fourth-order valence-corrected chi connectivity index (χ4v) is 3.35. The summed E-state index contributed by atoms with van der Waals surface area (Å²) in [7, 11) is 1.57. The van der Waals surface area contributed by atoms with Gasteiger partial charge in [-0.15, -0.1) is 10.2 Å². The number of benzene rings is 1. The van der Waals surface area contributed by atoms with Crippen LogP contribution in [0.3, 0.4) is 0 Å². The van der Waals surface area contributed by atoms with E-state index >= 15 is 0 Å². The molecule has 2 aromatic heterocycles. The first-order valence-corrected chi connectivity index (χ1v) is 9.13. The number of furan rings is 1. The van der Waals surface area contributed by atoms with Gasteiger partial charge in [0.15, 0.2) is 10.9 Å². The molecule has 0 fully saturated rings. The van der Waals surface area contributed by atoms with Gasteiger partial charge >= 0.3 is 0 Å². The van der Waals surface area contributed by atoms with E-state index in [0.717, 1.165) is 0 Å². The maximum absolute atomic E-state index is 12.3. The Hall–Kier alpha value is -2.74. The predicted molar refractivity (Wildman–Crippen MR) is 100 cm³/mol. The number of thioether (sulfide) groups is 1. The van der Waals surface area contributed by atoms with Gasteiger partial charge in [0.2, 0.25) is 11.7 Å². The molecule has 26 heavy (non-hydrogen) atoms. The predicted octanol–water partition coefficient (Wildman–Crippen LogP) is 3.86. The minimum absolute atomic E-state index is 0.130. The Bertz CT molecular complexity index is 874. The summed E-state index contributed by atoms with van der Waals surface area (Å²) in [5.41, 5.74) is 0.641. The minimum atomic E-state index is -0.141. The van der Waals surface area contributed by atoms with E-state index in [-0.39, 0.29) is 17.7 Å². The summed E-state index contributed by atoms with van der Waals surface area (Å²) in [5, 5.41) is 12.0. The molecule has 0 aliphatic rings. The quantitative estimate of drug-likeness (QED) is 0.634. The highest BCUT2D eigenvalue weighted by atomic mass is 32.2. The molecule has 1 amide bonds. The molecule has 1 aromatic carbocycles. The first-order chi connectivity index (χ1) is 12.6. The van der Waals surface area contributed by atoms with Crippen LogP contribution in [-0.4, -0.2) is 33.5 Å².